The second kappa shape index (κ2) is 7.58. The first-order chi connectivity index (χ1) is 7.24. The van der Waals surface area contributed by atoms with Crippen molar-refractivity contribution in [1.29, 1.82) is 0 Å². The van der Waals surface area contributed by atoms with Gasteiger partial charge in [0.2, 0.25) is 0 Å². The Hall–Kier alpha value is 0.330. The molecule has 0 radical (unpaired) electrons. The number of pyridine rings is 1. The van der Waals surface area contributed by atoms with Crippen LogP contribution in [0.25, 0.3) is 0 Å². The van der Waals surface area contributed by atoms with Crippen LogP contribution in [0.5, 0.6) is 0 Å². The zero-order valence-corrected chi connectivity index (χ0v) is 12.1. The van der Waals surface area contributed by atoms with E-state index in [9.17, 15) is 0 Å². The molecule has 0 aliphatic heterocycles. The van der Waals surface area contributed by atoms with Crippen LogP contribution in [0.3, 0.4) is 0 Å². The Kier molecular flexibility index (Phi) is 6.77. The number of halogens is 1. The molecule has 0 saturated heterocycles. The third kappa shape index (κ3) is 5.27. The number of rotatable bonds is 6. The maximum absolute atomic E-state index is 4.32. The summed E-state index contributed by atoms with van der Waals surface area (Å²) in [5, 5.41) is 1.09. The van der Waals surface area contributed by atoms with E-state index in [0.29, 0.717) is 0 Å². The maximum atomic E-state index is 4.32. The van der Waals surface area contributed by atoms with E-state index in [2.05, 4.69) is 40.5 Å². The van der Waals surface area contributed by atoms with E-state index >= 15 is 0 Å². The van der Waals surface area contributed by atoms with Crippen LogP contribution >= 0.6 is 40.3 Å². The van der Waals surface area contributed by atoms with Gasteiger partial charge in [-0.25, -0.2) is 4.98 Å². The topological polar surface area (TPSA) is 12.9 Å². The van der Waals surface area contributed by atoms with Gasteiger partial charge in [-0.2, -0.15) is 12.6 Å². The quantitative estimate of drug-likeness (QED) is 0.622. The summed E-state index contributed by atoms with van der Waals surface area (Å²) in [6, 6.07) is 3.98. The van der Waals surface area contributed by atoms with Crippen LogP contribution in [0.15, 0.2) is 27.8 Å². The van der Waals surface area contributed by atoms with E-state index in [1.54, 1.807) is 0 Å². The molecule has 0 aliphatic rings. The number of thiol groups is 1. The highest BCUT2D eigenvalue weighted by Gasteiger charge is 2.04. The summed E-state index contributed by atoms with van der Waals surface area (Å²) in [7, 11) is 0. The van der Waals surface area contributed by atoms with Crippen molar-refractivity contribution < 1.29 is 0 Å². The van der Waals surface area contributed by atoms with E-state index < -0.39 is 0 Å². The molecular weight excluding hydrogens is 290 g/mol. The summed E-state index contributed by atoms with van der Waals surface area (Å²) in [5.74, 6) is 2.88. The van der Waals surface area contributed by atoms with Crippen molar-refractivity contribution in [2.24, 2.45) is 5.92 Å². The molecular formula is C11H16BrNS2. The van der Waals surface area contributed by atoms with Crippen molar-refractivity contribution in [3.8, 4) is 0 Å². The van der Waals surface area contributed by atoms with Crippen molar-refractivity contribution >= 4 is 40.3 Å². The van der Waals surface area contributed by atoms with E-state index in [4.69, 9.17) is 0 Å². The summed E-state index contributed by atoms with van der Waals surface area (Å²) in [4.78, 5) is 4.32. The van der Waals surface area contributed by atoms with Crippen molar-refractivity contribution in [1.82, 2.24) is 4.98 Å². The number of hydrogen-bond acceptors (Lipinski definition) is 3. The van der Waals surface area contributed by atoms with Gasteiger partial charge < -0.3 is 0 Å². The Morgan fingerprint density at radius 1 is 1.53 bits per heavy atom. The zero-order chi connectivity index (χ0) is 11.1. The molecule has 0 fully saturated rings. The largest absolute Gasteiger partial charge is 0.249 e. The van der Waals surface area contributed by atoms with E-state index in [0.717, 1.165) is 26.9 Å². The van der Waals surface area contributed by atoms with Gasteiger partial charge in [0, 0.05) is 10.7 Å². The van der Waals surface area contributed by atoms with Crippen molar-refractivity contribution in [2.75, 3.05) is 11.5 Å². The van der Waals surface area contributed by atoms with Crippen molar-refractivity contribution in [3.05, 3.63) is 22.8 Å². The molecule has 4 heteroatoms. The third-order valence-corrected chi connectivity index (χ3v) is 4.40. The lowest BCUT2D eigenvalue weighted by molar-refractivity contribution is 0.554. The Morgan fingerprint density at radius 2 is 2.33 bits per heavy atom. The van der Waals surface area contributed by atoms with Crippen LogP contribution in [0, 0.1) is 5.92 Å². The van der Waals surface area contributed by atoms with Gasteiger partial charge in [-0.05, 0) is 58.3 Å². The standard InChI is InChI=1S/C11H16BrNS2/c1-9(4-7-14)5-8-15-11-10(12)3-2-6-13-11/h2-3,6,9,14H,4-5,7-8H2,1H3. The van der Waals surface area contributed by atoms with Crippen LogP contribution in [0.1, 0.15) is 19.8 Å². The molecule has 15 heavy (non-hydrogen) atoms. The second-order valence-electron chi connectivity index (χ2n) is 3.54. The first kappa shape index (κ1) is 13.4. The molecule has 84 valence electrons. The predicted molar refractivity (Wildman–Crippen MR) is 74.9 cm³/mol. The molecule has 1 aromatic heterocycles. The Balaban J connectivity index is 2.29. The lowest BCUT2D eigenvalue weighted by Gasteiger charge is -2.08. The fourth-order valence-corrected chi connectivity index (χ4v) is 3.29. The highest BCUT2D eigenvalue weighted by Crippen LogP contribution is 2.26. The molecule has 0 amide bonds. The number of aromatic nitrogens is 1. The molecule has 0 saturated carbocycles. The minimum absolute atomic E-state index is 0.762. The van der Waals surface area contributed by atoms with Gasteiger partial charge in [0.15, 0.2) is 0 Å². The van der Waals surface area contributed by atoms with Gasteiger partial charge in [-0.1, -0.05) is 6.92 Å². The average Bonchev–Trinajstić information content (AvgIpc) is 2.21. The predicted octanol–water partition coefficient (Wildman–Crippen LogP) is 4.28. The van der Waals surface area contributed by atoms with Crippen molar-refractivity contribution in [2.45, 2.75) is 24.8 Å². The monoisotopic (exact) mass is 305 g/mol. The van der Waals surface area contributed by atoms with Crippen LogP contribution in [0.4, 0.5) is 0 Å². The molecule has 1 unspecified atom stereocenters. The fourth-order valence-electron chi connectivity index (χ4n) is 1.20. The minimum atomic E-state index is 0.762. The van der Waals surface area contributed by atoms with Gasteiger partial charge in [-0.3, -0.25) is 0 Å². The number of thioether (sulfide) groups is 1. The number of nitrogens with zero attached hydrogens (tertiary/aromatic N) is 1. The lowest BCUT2D eigenvalue weighted by Crippen LogP contribution is -1.97. The average molecular weight is 306 g/mol. The summed E-state index contributed by atoms with van der Waals surface area (Å²) in [6.07, 6.45) is 4.27. The first-order valence-corrected chi connectivity index (χ1v) is 7.49. The maximum Gasteiger partial charge on any atom is 0.110 e. The summed E-state index contributed by atoms with van der Waals surface area (Å²) >= 11 is 9.56. The van der Waals surface area contributed by atoms with Crippen LogP contribution < -0.4 is 0 Å². The lowest BCUT2D eigenvalue weighted by atomic mass is 10.1. The highest BCUT2D eigenvalue weighted by atomic mass is 79.9. The molecule has 0 spiro atoms. The zero-order valence-electron chi connectivity index (χ0n) is 8.82. The highest BCUT2D eigenvalue weighted by molar-refractivity contribution is 9.10. The van der Waals surface area contributed by atoms with Gasteiger partial charge in [0.25, 0.3) is 0 Å². The van der Waals surface area contributed by atoms with Crippen LogP contribution in [-0.4, -0.2) is 16.5 Å². The van der Waals surface area contributed by atoms with Gasteiger partial charge in [-0.15, -0.1) is 11.8 Å². The molecule has 0 N–H and O–H groups in total. The first-order valence-electron chi connectivity index (χ1n) is 5.08. The summed E-state index contributed by atoms with van der Waals surface area (Å²) < 4.78 is 1.09. The molecule has 1 heterocycles. The molecule has 1 aromatic rings. The Morgan fingerprint density at radius 3 is 3.00 bits per heavy atom. The normalized spacial score (nSPS) is 12.7. The third-order valence-electron chi connectivity index (χ3n) is 2.20. The van der Waals surface area contributed by atoms with Crippen LogP contribution in [-0.2, 0) is 0 Å². The molecule has 0 aromatic carbocycles. The SMILES string of the molecule is CC(CCS)CCSc1ncccc1Br. The second-order valence-corrected chi connectivity index (χ2v) is 5.93. The van der Waals surface area contributed by atoms with Crippen molar-refractivity contribution in [3.63, 3.8) is 0 Å². The summed E-state index contributed by atoms with van der Waals surface area (Å²) in [6.45, 7) is 2.28. The molecule has 1 nitrogen and oxygen atoms in total. The Bertz CT molecular complexity index is 294. The van der Waals surface area contributed by atoms with E-state index in [1.807, 2.05) is 30.1 Å². The molecule has 1 atom stereocenters. The molecule has 1 rings (SSSR count). The van der Waals surface area contributed by atoms with E-state index in [1.165, 1.54) is 12.8 Å². The van der Waals surface area contributed by atoms with Gasteiger partial charge >= 0.3 is 0 Å². The molecule has 0 bridgehead atoms. The molecule has 0 aliphatic carbocycles. The Labute approximate surface area is 110 Å². The van der Waals surface area contributed by atoms with Gasteiger partial charge in [0.1, 0.15) is 5.03 Å². The van der Waals surface area contributed by atoms with E-state index in [-0.39, 0.29) is 0 Å². The number of hydrogen-bond donors (Lipinski definition) is 1. The summed E-state index contributed by atoms with van der Waals surface area (Å²) in [5.41, 5.74) is 0. The fraction of sp³-hybridized carbons (Fsp3) is 0.545. The van der Waals surface area contributed by atoms with Gasteiger partial charge in [0.05, 0.1) is 0 Å². The van der Waals surface area contributed by atoms with Crippen LogP contribution in [0.2, 0.25) is 0 Å². The smallest absolute Gasteiger partial charge is 0.110 e. The minimum Gasteiger partial charge on any atom is -0.249 e.